The van der Waals surface area contributed by atoms with E-state index in [4.69, 9.17) is 11.6 Å². The van der Waals surface area contributed by atoms with Crippen LogP contribution in [0.1, 0.15) is 58.4 Å². The first kappa shape index (κ1) is 27.6. The van der Waals surface area contributed by atoms with Crippen molar-refractivity contribution >= 4 is 46.8 Å². The minimum atomic E-state index is -4.58. The standard InChI is InChI=1S/C28H21ClF3N5O5/c29-19-11-16(28(30,31)32)3-5-20(19)34-26(42)27(8-1-9-27)36-13-15(12-33-36)14-2-4-17-18(10-14)25(41)37(24(17)40)21-6-7-22(38)35-23(21)39/h2-5,10-13,21H,1,6-9H2,(H,34,42)(H,35,38,39). The summed E-state index contributed by atoms with van der Waals surface area (Å²) in [4.78, 5) is 64.3. The van der Waals surface area contributed by atoms with Gasteiger partial charge in [-0.05, 0) is 61.6 Å². The van der Waals surface area contributed by atoms with Crippen LogP contribution in [0.5, 0.6) is 0 Å². The van der Waals surface area contributed by atoms with Crippen molar-refractivity contribution in [2.75, 3.05) is 5.32 Å². The predicted octanol–water partition coefficient (Wildman–Crippen LogP) is 4.14. The van der Waals surface area contributed by atoms with E-state index in [1.807, 2.05) is 0 Å². The average Bonchev–Trinajstić information content (AvgIpc) is 3.48. The van der Waals surface area contributed by atoms with Crippen LogP contribution in [0, 0.1) is 0 Å². The third kappa shape index (κ3) is 4.44. The zero-order chi connectivity index (χ0) is 30.0. The summed E-state index contributed by atoms with van der Waals surface area (Å²) >= 11 is 6.03. The first-order chi connectivity index (χ1) is 19.9. The van der Waals surface area contributed by atoms with E-state index in [1.165, 1.54) is 23.0 Å². The zero-order valence-electron chi connectivity index (χ0n) is 21.6. The molecule has 1 aliphatic carbocycles. The molecule has 2 N–H and O–H groups in total. The van der Waals surface area contributed by atoms with E-state index in [2.05, 4.69) is 15.7 Å². The lowest BCUT2D eigenvalue weighted by molar-refractivity contribution is -0.138. The van der Waals surface area contributed by atoms with E-state index in [0.29, 0.717) is 24.0 Å². The highest BCUT2D eigenvalue weighted by atomic mass is 35.5. The van der Waals surface area contributed by atoms with Crippen LogP contribution in [-0.2, 0) is 26.1 Å². The van der Waals surface area contributed by atoms with Crippen molar-refractivity contribution in [2.45, 2.75) is 49.9 Å². The molecule has 2 aliphatic heterocycles. The number of hydrogen-bond donors (Lipinski definition) is 2. The monoisotopic (exact) mass is 599 g/mol. The molecule has 5 amide bonds. The normalized spacial score (nSPS) is 19.8. The van der Waals surface area contributed by atoms with Crippen molar-refractivity contribution in [2.24, 2.45) is 0 Å². The highest BCUT2D eigenvalue weighted by molar-refractivity contribution is 6.33. The number of benzene rings is 2. The van der Waals surface area contributed by atoms with Crippen molar-refractivity contribution < 1.29 is 37.1 Å². The number of nitrogens with zero attached hydrogens (tertiary/aromatic N) is 3. The number of carbonyl (C=O) groups is 5. The van der Waals surface area contributed by atoms with Gasteiger partial charge in [-0.1, -0.05) is 17.7 Å². The molecule has 2 fully saturated rings. The second-order valence-electron chi connectivity index (χ2n) is 10.4. The van der Waals surface area contributed by atoms with Gasteiger partial charge in [0.1, 0.15) is 11.6 Å². The summed E-state index contributed by atoms with van der Waals surface area (Å²) in [6.07, 6.45) is 0.160. The molecule has 1 saturated carbocycles. The Morgan fingerprint density at radius 1 is 1.02 bits per heavy atom. The van der Waals surface area contributed by atoms with Gasteiger partial charge in [0.05, 0.1) is 33.6 Å². The van der Waals surface area contributed by atoms with Gasteiger partial charge in [0.25, 0.3) is 17.7 Å². The topological polar surface area (TPSA) is 130 Å². The van der Waals surface area contributed by atoms with Gasteiger partial charge in [0, 0.05) is 18.2 Å². The molecular formula is C28H21ClF3N5O5. The van der Waals surface area contributed by atoms with Crippen LogP contribution in [0.15, 0.2) is 48.8 Å². The third-order valence-electron chi connectivity index (χ3n) is 7.94. The fourth-order valence-corrected chi connectivity index (χ4v) is 5.69. The van der Waals surface area contributed by atoms with Crippen LogP contribution >= 0.6 is 11.6 Å². The van der Waals surface area contributed by atoms with E-state index in [0.717, 1.165) is 29.5 Å². The van der Waals surface area contributed by atoms with Crippen LogP contribution < -0.4 is 10.6 Å². The highest BCUT2D eigenvalue weighted by Gasteiger charge is 2.48. The van der Waals surface area contributed by atoms with E-state index in [-0.39, 0.29) is 34.7 Å². The van der Waals surface area contributed by atoms with Crippen LogP contribution in [-0.4, -0.2) is 50.3 Å². The van der Waals surface area contributed by atoms with Crippen LogP contribution in [0.3, 0.4) is 0 Å². The van der Waals surface area contributed by atoms with Crippen LogP contribution in [0.25, 0.3) is 11.1 Å². The second kappa shape index (κ2) is 9.79. The zero-order valence-corrected chi connectivity index (χ0v) is 22.4. The second-order valence-corrected chi connectivity index (χ2v) is 10.8. The largest absolute Gasteiger partial charge is 0.416 e. The van der Waals surface area contributed by atoms with E-state index in [1.54, 1.807) is 12.3 Å². The Morgan fingerprint density at radius 2 is 1.76 bits per heavy atom. The molecular weight excluding hydrogens is 579 g/mol. The molecule has 1 aromatic heterocycles. The number of imide groups is 2. The SMILES string of the molecule is O=C1CCC(N2C(=O)c3ccc(-c4cnn(C5(C(=O)Nc6ccc(C(F)(F)F)cc6Cl)CCC5)c4)cc3C2=O)C(=O)N1. The van der Waals surface area contributed by atoms with Crippen molar-refractivity contribution in [3.05, 3.63) is 70.5 Å². The number of hydrogen-bond acceptors (Lipinski definition) is 6. The maximum absolute atomic E-state index is 13.4. The number of halogens is 4. The quantitative estimate of drug-likeness (QED) is 0.424. The summed E-state index contributed by atoms with van der Waals surface area (Å²) in [5.41, 5.74) is -0.691. The lowest BCUT2D eigenvalue weighted by Gasteiger charge is -2.40. The Kier molecular flexibility index (Phi) is 6.44. The molecule has 1 unspecified atom stereocenters. The molecule has 3 aromatic rings. The fraction of sp³-hybridized carbons (Fsp3) is 0.286. The molecule has 0 bridgehead atoms. The van der Waals surface area contributed by atoms with Crippen LogP contribution in [0.4, 0.5) is 18.9 Å². The van der Waals surface area contributed by atoms with Crippen LogP contribution in [0.2, 0.25) is 5.02 Å². The van der Waals surface area contributed by atoms with Gasteiger partial charge in [-0.25, -0.2) is 0 Å². The summed E-state index contributed by atoms with van der Waals surface area (Å²) in [5.74, 6) is -2.93. The first-order valence-electron chi connectivity index (χ1n) is 13.0. The van der Waals surface area contributed by atoms with Crippen molar-refractivity contribution in [3.8, 4) is 11.1 Å². The molecule has 2 aromatic carbocycles. The average molecular weight is 600 g/mol. The third-order valence-corrected chi connectivity index (χ3v) is 8.25. The van der Waals surface area contributed by atoms with E-state index >= 15 is 0 Å². The number of carbonyl (C=O) groups excluding carboxylic acids is 5. The summed E-state index contributed by atoms with van der Waals surface area (Å²) < 4.78 is 40.5. The molecule has 6 rings (SSSR count). The first-order valence-corrected chi connectivity index (χ1v) is 13.4. The summed E-state index contributed by atoms with van der Waals surface area (Å²) in [7, 11) is 0. The molecule has 3 heterocycles. The van der Waals surface area contributed by atoms with E-state index < -0.39 is 52.9 Å². The highest BCUT2D eigenvalue weighted by Crippen LogP contribution is 2.42. The predicted molar refractivity (Wildman–Crippen MR) is 141 cm³/mol. The Balaban J connectivity index is 1.24. The molecule has 10 nitrogen and oxygen atoms in total. The van der Waals surface area contributed by atoms with Gasteiger partial charge in [-0.2, -0.15) is 18.3 Å². The number of fused-ring (bicyclic) bond motifs is 1. The van der Waals surface area contributed by atoms with Crippen molar-refractivity contribution in [1.82, 2.24) is 20.0 Å². The minimum Gasteiger partial charge on any atom is -0.323 e. The van der Waals surface area contributed by atoms with Gasteiger partial charge in [-0.3, -0.25) is 38.9 Å². The van der Waals surface area contributed by atoms with Crippen molar-refractivity contribution in [3.63, 3.8) is 0 Å². The van der Waals surface area contributed by atoms with Gasteiger partial charge in [0.15, 0.2) is 0 Å². The Bertz CT molecular complexity index is 1700. The molecule has 3 aliphatic rings. The smallest absolute Gasteiger partial charge is 0.323 e. The Labute approximate surface area is 240 Å². The number of alkyl halides is 3. The number of piperidine rings is 1. The van der Waals surface area contributed by atoms with Crippen molar-refractivity contribution in [1.29, 1.82) is 0 Å². The molecule has 216 valence electrons. The molecule has 0 radical (unpaired) electrons. The van der Waals surface area contributed by atoms with Gasteiger partial charge < -0.3 is 5.32 Å². The summed E-state index contributed by atoms with van der Waals surface area (Å²) in [6, 6.07) is 6.21. The lowest BCUT2D eigenvalue weighted by atomic mass is 9.76. The fourth-order valence-electron chi connectivity index (χ4n) is 5.46. The van der Waals surface area contributed by atoms with Gasteiger partial charge >= 0.3 is 6.18 Å². The molecule has 42 heavy (non-hydrogen) atoms. The number of amides is 5. The molecule has 14 heteroatoms. The molecule has 1 saturated heterocycles. The van der Waals surface area contributed by atoms with Gasteiger partial charge in [0.2, 0.25) is 11.8 Å². The Hall–Kier alpha value is -4.52. The summed E-state index contributed by atoms with van der Waals surface area (Å²) in [5, 5.41) is 8.91. The number of anilines is 1. The lowest BCUT2D eigenvalue weighted by Crippen LogP contribution is -2.54. The minimum absolute atomic E-state index is 0.00858. The summed E-state index contributed by atoms with van der Waals surface area (Å²) in [6.45, 7) is 0. The molecule has 0 spiro atoms. The van der Waals surface area contributed by atoms with E-state index in [9.17, 15) is 37.1 Å². The number of rotatable bonds is 5. The van der Waals surface area contributed by atoms with Gasteiger partial charge in [-0.15, -0.1) is 0 Å². The molecule has 1 atom stereocenters. The Morgan fingerprint density at radius 3 is 2.40 bits per heavy atom. The maximum atomic E-state index is 13.4. The number of nitrogens with one attached hydrogen (secondary N) is 2. The maximum Gasteiger partial charge on any atom is 0.416 e. The number of aromatic nitrogens is 2.